The van der Waals surface area contributed by atoms with E-state index < -0.39 is 0 Å². The van der Waals surface area contributed by atoms with Gasteiger partial charge in [0, 0.05) is 19.1 Å². The Morgan fingerprint density at radius 3 is 2.80 bits per heavy atom. The predicted octanol–water partition coefficient (Wildman–Crippen LogP) is 1.32. The number of rotatable bonds is 2. The number of likely N-dealkylation sites (N-methyl/N-ethyl adjacent to an activating group) is 1. The highest BCUT2D eigenvalue weighted by Gasteiger charge is 2.30. The van der Waals surface area contributed by atoms with Crippen molar-refractivity contribution in [1.29, 1.82) is 5.26 Å². The zero-order valence-corrected chi connectivity index (χ0v) is 9.65. The molecule has 2 fully saturated rings. The van der Waals surface area contributed by atoms with Crippen LogP contribution in [0.4, 0.5) is 0 Å². The van der Waals surface area contributed by atoms with E-state index in [-0.39, 0.29) is 0 Å². The molecule has 0 amide bonds. The third-order valence-corrected chi connectivity index (χ3v) is 3.85. The number of hydrogen-bond donors (Lipinski definition) is 0. The first-order valence-electron chi connectivity index (χ1n) is 6.19. The summed E-state index contributed by atoms with van der Waals surface area (Å²) in [6.07, 6.45) is 3.74. The number of likely N-dealkylation sites (tertiary alicyclic amines) is 2. The molecule has 3 heteroatoms. The zero-order chi connectivity index (χ0) is 10.7. The minimum Gasteiger partial charge on any atom is -0.302 e. The molecule has 84 valence electrons. The second kappa shape index (κ2) is 4.96. The number of piperidine rings is 1. The highest BCUT2D eigenvalue weighted by molar-refractivity contribution is 4.94. The van der Waals surface area contributed by atoms with Gasteiger partial charge in [0.2, 0.25) is 0 Å². The smallest absolute Gasteiger partial charge is 0.0669 e. The molecule has 2 aliphatic heterocycles. The summed E-state index contributed by atoms with van der Waals surface area (Å²) in [5, 5.41) is 8.89. The summed E-state index contributed by atoms with van der Waals surface area (Å²) in [6, 6.07) is 3.12. The van der Waals surface area contributed by atoms with E-state index in [2.05, 4.69) is 22.8 Å². The van der Waals surface area contributed by atoms with Gasteiger partial charge in [-0.15, -0.1) is 0 Å². The SMILES string of the molecule is CCN1CCCC(N2CCC(C#N)C2)C1. The Morgan fingerprint density at radius 2 is 2.13 bits per heavy atom. The molecule has 3 nitrogen and oxygen atoms in total. The number of hydrogen-bond acceptors (Lipinski definition) is 3. The van der Waals surface area contributed by atoms with Crippen molar-refractivity contribution >= 4 is 0 Å². The van der Waals surface area contributed by atoms with Crippen LogP contribution in [0, 0.1) is 17.2 Å². The van der Waals surface area contributed by atoms with Crippen LogP contribution in [-0.4, -0.2) is 48.6 Å². The Kier molecular flexibility index (Phi) is 3.61. The van der Waals surface area contributed by atoms with Crippen LogP contribution in [0.2, 0.25) is 0 Å². The summed E-state index contributed by atoms with van der Waals surface area (Å²) in [5.41, 5.74) is 0. The standard InChI is InChI=1S/C12H21N3/c1-2-14-6-3-4-12(10-14)15-7-5-11(8-13)9-15/h11-12H,2-7,9-10H2,1H3. The van der Waals surface area contributed by atoms with Gasteiger partial charge >= 0.3 is 0 Å². The summed E-state index contributed by atoms with van der Waals surface area (Å²) >= 11 is 0. The van der Waals surface area contributed by atoms with Crippen LogP contribution in [0.5, 0.6) is 0 Å². The lowest BCUT2D eigenvalue weighted by atomic mass is 10.0. The molecule has 0 saturated carbocycles. The molecule has 2 aliphatic rings. The van der Waals surface area contributed by atoms with Crippen LogP contribution in [0.15, 0.2) is 0 Å². The van der Waals surface area contributed by atoms with Crippen LogP contribution >= 0.6 is 0 Å². The summed E-state index contributed by atoms with van der Waals surface area (Å²) < 4.78 is 0. The van der Waals surface area contributed by atoms with Gasteiger partial charge in [-0.1, -0.05) is 6.92 Å². The van der Waals surface area contributed by atoms with Gasteiger partial charge in [0.15, 0.2) is 0 Å². The first-order chi connectivity index (χ1) is 7.33. The van der Waals surface area contributed by atoms with Gasteiger partial charge in [-0.05, 0) is 38.9 Å². The fourth-order valence-electron chi connectivity index (χ4n) is 2.84. The second-order valence-corrected chi connectivity index (χ2v) is 4.80. The minimum atomic E-state index is 0.294. The molecule has 2 atom stereocenters. The van der Waals surface area contributed by atoms with Crippen molar-refractivity contribution in [2.45, 2.75) is 32.2 Å². The van der Waals surface area contributed by atoms with Gasteiger partial charge in [-0.25, -0.2) is 0 Å². The minimum absolute atomic E-state index is 0.294. The van der Waals surface area contributed by atoms with E-state index in [1.807, 2.05) is 0 Å². The first-order valence-corrected chi connectivity index (χ1v) is 6.19. The van der Waals surface area contributed by atoms with E-state index in [4.69, 9.17) is 5.26 Å². The van der Waals surface area contributed by atoms with E-state index >= 15 is 0 Å². The summed E-state index contributed by atoms with van der Waals surface area (Å²) in [6.45, 7) is 8.05. The van der Waals surface area contributed by atoms with Crippen molar-refractivity contribution in [2.24, 2.45) is 5.92 Å². The van der Waals surface area contributed by atoms with Crippen molar-refractivity contribution in [1.82, 2.24) is 9.80 Å². The zero-order valence-electron chi connectivity index (χ0n) is 9.65. The molecule has 2 heterocycles. The molecule has 2 saturated heterocycles. The number of nitrogens with zero attached hydrogens (tertiary/aromatic N) is 3. The molecule has 15 heavy (non-hydrogen) atoms. The lowest BCUT2D eigenvalue weighted by Crippen LogP contribution is -2.46. The van der Waals surface area contributed by atoms with Crippen molar-refractivity contribution in [3.05, 3.63) is 0 Å². The van der Waals surface area contributed by atoms with Crippen molar-refractivity contribution in [3.8, 4) is 6.07 Å². The van der Waals surface area contributed by atoms with Gasteiger partial charge in [0.1, 0.15) is 0 Å². The predicted molar refractivity (Wildman–Crippen MR) is 60.4 cm³/mol. The highest BCUT2D eigenvalue weighted by Crippen LogP contribution is 2.23. The average Bonchev–Trinajstić information content (AvgIpc) is 2.78. The molecule has 2 unspecified atom stereocenters. The number of nitriles is 1. The Hall–Kier alpha value is -0.590. The molecule has 0 spiro atoms. The lowest BCUT2D eigenvalue weighted by Gasteiger charge is -2.37. The second-order valence-electron chi connectivity index (χ2n) is 4.80. The normalized spacial score (nSPS) is 34.1. The quantitative estimate of drug-likeness (QED) is 0.684. The summed E-state index contributed by atoms with van der Waals surface area (Å²) in [7, 11) is 0. The van der Waals surface area contributed by atoms with Crippen LogP contribution < -0.4 is 0 Å². The Morgan fingerprint density at radius 1 is 1.27 bits per heavy atom. The average molecular weight is 207 g/mol. The fourth-order valence-corrected chi connectivity index (χ4v) is 2.84. The highest BCUT2D eigenvalue weighted by atomic mass is 15.2. The maximum absolute atomic E-state index is 8.89. The molecule has 0 bridgehead atoms. The molecule has 0 aromatic heterocycles. The third-order valence-electron chi connectivity index (χ3n) is 3.85. The van der Waals surface area contributed by atoms with Gasteiger partial charge < -0.3 is 4.90 Å². The van der Waals surface area contributed by atoms with E-state index in [9.17, 15) is 0 Å². The van der Waals surface area contributed by atoms with E-state index in [1.165, 1.54) is 32.5 Å². The first kappa shape index (κ1) is 10.9. The van der Waals surface area contributed by atoms with Crippen LogP contribution in [0.1, 0.15) is 26.2 Å². The maximum atomic E-state index is 8.89. The third kappa shape index (κ3) is 2.50. The molecular formula is C12H21N3. The monoisotopic (exact) mass is 207 g/mol. The molecule has 0 aliphatic carbocycles. The Balaban J connectivity index is 1.86. The van der Waals surface area contributed by atoms with E-state index in [0.717, 1.165) is 25.6 Å². The Bertz CT molecular complexity index is 246. The fraction of sp³-hybridized carbons (Fsp3) is 0.917. The van der Waals surface area contributed by atoms with Gasteiger partial charge in [0.05, 0.1) is 12.0 Å². The van der Waals surface area contributed by atoms with Crippen molar-refractivity contribution < 1.29 is 0 Å². The van der Waals surface area contributed by atoms with E-state index in [0.29, 0.717) is 5.92 Å². The molecule has 0 aromatic carbocycles. The largest absolute Gasteiger partial charge is 0.302 e. The summed E-state index contributed by atoms with van der Waals surface area (Å²) in [4.78, 5) is 5.07. The van der Waals surface area contributed by atoms with E-state index in [1.54, 1.807) is 0 Å². The molecule has 2 rings (SSSR count). The van der Waals surface area contributed by atoms with Crippen molar-refractivity contribution in [3.63, 3.8) is 0 Å². The lowest BCUT2D eigenvalue weighted by molar-refractivity contribution is 0.118. The topological polar surface area (TPSA) is 30.3 Å². The molecule has 0 aromatic rings. The Labute approximate surface area is 92.7 Å². The van der Waals surface area contributed by atoms with Crippen LogP contribution in [0.3, 0.4) is 0 Å². The van der Waals surface area contributed by atoms with Crippen molar-refractivity contribution in [2.75, 3.05) is 32.7 Å². The van der Waals surface area contributed by atoms with Crippen LogP contribution in [0.25, 0.3) is 0 Å². The van der Waals surface area contributed by atoms with Gasteiger partial charge in [-0.2, -0.15) is 5.26 Å². The maximum Gasteiger partial charge on any atom is 0.0669 e. The summed E-state index contributed by atoms with van der Waals surface area (Å²) in [5.74, 6) is 0.294. The van der Waals surface area contributed by atoms with Gasteiger partial charge in [0.25, 0.3) is 0 Å². The van der Waals surface area contributed by atoms with Gasteiger partial charge in [-0.3, -0.25) is 4.90 Å². The molecule has 0 N–H and O–H groups in total. The molecule has 0 radical (unpaired) electrons. The molecular weight excluding hydrogens is 186 g/mol. The van der Waals surface area contributed by atoms with Crippen LogP contribution in [-0.2, 0) is 0 Å².